The van der Waals surface area contributed by atoms with Crippen molar-refractivity contribution in [3.63, 3.8) is 0 Å². The van der Waals surface area contributed by atoms with Crippen molar-refractivity contribution in [2.75, 3.05) is 6.61 Å². The van der Waals surface area contributed by atoms with Crippen LogP contribution in [0.15, 0.2) is 54.4 Å². The fourth-order valence-corrected chi connectivity index (χ4v) is 2.69. The van der Waals surface area contributed by atoms with Gasteiger partial charge in [-0.05, 0) is 23.6 Å². The maximum Gasteiger partial charge on any atom is 0.0969 e. The van der Waals surface area contributed by atoms with Crippen LogP contribution in [0.5, 0.6) is 0 Å². The third kappa shape index (κ3) is 3.81. The lowest BCUT2D eigenvalue weighted by molar-refractivity contribution is 0.0196. The maximum absolute atomic E-state index is 9.98. The van der Waals surface area contributed by atoms with Crippen LogP contribution in [0.3, 0.4) is 0 Å². The van der Waals surface area contributed by atoms with Gasteiger partial charge in [-0.2, -0.15) is 5.10 Å². The number of thiophene rings is 1. The standard InChI is InChI=1S/C15H17N3O2S/c19-14(11-20-12-15-4-3-7-21-15)10-18-9-13(8-16-18)17-5-1-2-6-17/h1-9,14,19H,10-12H2. The highest BCUT2D eigenvalue weighted by atomic mass is 32.1. The molecular weight excluding hydrogens is 286 g/mol. The van der Waals surface area contributed by atoms with Crippen molar-refractivity contribution in [2.45, 2.75) is 19.3 Å². The Kier molecular flexibility index (Phi) is 4.49. The van der Waals surface area contributed by atoms with Crippen LogP contribution in [-0.4, -0.2) is 32.2 Å². The van der Waals surface area contributed by atoms with Crippen LogP contribution >= 0.6 is 11.3 Å². The Morgan fingerprint density at radius 2 is 2.14 bits per heavy atom. The predicted molar refractivity (Wildman–Crippen MR) is 81.5 cm³/mol. The van der Waals surface area contributed by atoms with E-state index in [0.717, 1.165) is 10.6 Å². The van der Waals surface area contributed by atoms with E-state index in [0.29, 0.717) is 19.8 Å². The van der Waals surface area contributed by atoms with Gasteiger partial charge in [0.1, 0.15) is 0 Å². The molecule has 1 unspecified atom stereocenters. The van der Waals surface area contributed by atoms with Crippen LogP contribution in [0, 0.1) is 0 Å². The summed E-state index contributed by atoms with van der Waals surface area (Å²) in [5.41, 5.74) is 0.978. The highest BCUT2D eigenvalue weighted by Crippen LogP contribution is 2.10. The molecule has 0 aliphatic rings. The van der Waals surface area contributed by atoms with E-state index in [1.54, 1.807) is 22.2 Å². The van der Waals surface area contributed by atoms with Crippen LogP contribution in [0.25, 0.3) is 5.69 Å². The van der Waals surface area contributed by atoms with E-state index in [4.69, 9.17) is 4.74 Å². The Balaban J connectivity index is 1.47. The summed E-state index contributed by atoms with van der Waals surface area (Å²) < 4.78 is 9.21. The maximum atomic E-state index is 9.98. The van der Waals surface area contributed by atoms with Crippen LogP contribution in [0.1, 0.15) is 4.88 Å². The van der Waals surface area contributed by atoms with E-state index in [9.17, 15) is 5.11 Å². The first-order valence-electron chi connectivity index (χ1n) is 6.75. The van der Waals surface area contributed by atoms with Gasteiger partial charge in [-0.15, -0.1) is 11.3 Å². The molecule has 5 nitrogen and oxygen atoms in total. The Labute approximate surface area is 127 Å². The molecule has 0 fully saturated rings. The SMILES string of the molecule is OC(COCc1cccs1)Cn1cc(-n2cccc2)cn1. The number of nitrogens with zero attached hydrogens (tertiary/aromatic N) is 3. The number of hydrogen-bond acceptors (Lipinski definition) is 4. The van der Waals surface area contributed by atoms with Crippen molar-refractivity contribution in [1.82, 2.24) is 14.3 Å². The van der Waals surface area contributed by atoms with Crippen LogP contribution in [-0.2, 0) is 17.9 Å². The van der Waals surface area contributed by atoms with Crippen molar-refractivity contribution in [1.29, 1.82) is 0 Å². The summed E-state index contributed by atoms with van der Waals surface area (Å²) in [6.45, 7) is 1.27. The number of rotatable bonds is 7. The van der Waals surface area contributed by atoms with Gasteiger partial charge < -0.3 is 14.4 Å². The van der Waals surface area contributed by atoms with Crippen LogP contribution in [0.2, 0.25) is 0 Å². The molecule has 0 spiro atoms. The second-order valence-corrected chi connectivity index (χ2v) is 5.79. The van der Waals surface area contributed by atoms with E-state index < -0.39 is 6.10 Å². The fourth-order valence-electron chi connectivity index (χ4n) is 2.05. The lowest BCUT2D eigenvalue weighted by Gasteiger charge is -2.10. The number of ether oxygens (including phenoxy) is 1. The molecule has 3 aromatic heterocycles. The second kappa shape index (κ2) is 6.71. The fraction of sp³-hybridized carbons (Fsp3) is 0.267. The number of aliphatic hydroxyl groups is 1. The third-order valence-corrected chi connectivity index (χ3v) is 3.90. The molecule has 3 aromatic rings. The molecule has 0 radical (unpaired) electrons. The zero-order chi connectivity index (χ0) is 14.5. The number of aliphatic hydroxyl groups excluding tert-OH is 1. The van der Waals surface area contributed by atoms with Crippen molar-refractivity contribution < 1.29 is 9.84 Å². The van der Waals surface area contributed by atoms with Gasteiger partial charge in [0.05, 0.1) is 37.7 Å². The Hall–Kier alpha value is -1.89. The summed E-state index contributed by atoms with van der Waals surface area (Å²) in [7, 11) is 0. The molecule has 0 saturated heterocycles. The van der Waals surface area contributed by atoms with Crippen molar-refractivity contribution >= 4 is 11.3 Å². The molecule has 0 aliphatic heterocycles. The molecule has 0 saturated carbocycles. The van der Waals surface area contributed by atoms with Crippen LogP contribution in [0.4, 0.5) is 0 Å². The van der Waals surface area contributed by atoms with Gasteiger partial charge in [0.15, 0.2) is 0 Å². The van der Waals surface area contributed by atoms with Gasteiger partial charge in [0, 0.05) is 23.5 Å². The molecule has 1 atom stereocenters. The minimum atomic E-state index is -0.567. The second-order valence-electron chi connectivity index (χ2n) is 4.76. The zero-order valence-corrected chi connectivity index (χ0v) is 12.3. The quantitative estimate of drug-likeness (QED) is 0.729. The largest absolute Gasteiger partial charge is 0.389 e. The summed E-state index contributed by atoms with van der Waals surface area (Å²) in [5.74, 6) is 0. The van der Waals surface area contributed by atoms with E-state index in [-0.39, 0.29) is 0 Å². The van der Waals surface area contributed by atoms with Gasteiger partial charge in [-0.3, -0.25) is 4.68 Å². The monoisotopic (exact) mass is 303 g/mol. The highest BCUT2D eigenvalue weighted by molar-refractivity contribution is 7.09. The molecule has 6 heteroatoms. The van der Waals surface area contributed by atoms with Crippen molar-refractivity contribution in [2.24, 2.45) is 0 Å². The van der Waals surface area contributed by atoms with Crippen molar-refractivity contribution in [3.05, 3.63) is 59.3 Å². The average molecular weight is 303 g/mol. The summed E-state index contributed by atoms with van der Waals surface area (Å²) in [6, 6.07) is 7.94. The minimum absolute atomic E-state index is 0.302. The van der Waals surface area contributed by atoms with Gasteiger partial charge >= 0.3 is 0 Å². The summed E-state index contributed by atoms with van der Waals surface area (Å²) >= 11 is 1.65. The summed E-state index contributed by atoms with van der Waals surface area (Å²) in [4.78, 5) is 1.16. The summed E-state index contributed by atoms with van der Waals surface area (Å²) in [6.07, 6.45) is 7.04. The Morgan fingerprint density at radius 1 is 1.29 bits per heavy atom. The molecule has 1 N–H and O–H groups in total. The molecule has 21 heavy (non-hydrogen) atoms. The molecule has 3 heterocycles. The highest BCUT2D eigenvalue weighted by Gasteiger charge is 2.08. The van der Waals surface area contributed by atoms with E-state index in [1.165, 1.54) is 0 Å². The lowest BCUT2D eigenvalue weighted by atomic mass is 10.4. The van der Waals surface area contributed by atoms with Gasteiger partial charge in [-0.1, -0.05) is 6.07 Å². The van der Waals surface area contributed by atoms with Gasteiger partial charge in [0.25, 0.3) is 0 Å². The lowest BCUT2D eigenvalue weighted by Crippen LogP contribution is -2.22. The van der Waals surface area contributed by atoms with Crippen LogP contribution < -0.4 is 0 Å². The normalized spacial score (nSPS) is 12.6. The molecule has 110 valence electrons. The predicted octanol–water partition coefficient (Wildman–Crippen LogP) is 2.31. The average Bonchev–Trinajstić information content (AvgIpc) is 3.21. The Bertz CT molecular complexity index is 646. The topological polar surface area (TPSA) is 52.2 Å². The molecule has 0 aromatic carbocycles. The smallest absolute Gasteiger partial charge is 0.0969 e. The molecular formula is C15H17N3O2S. The zero-order valence-electron chi connectivity index (χ0n) is 11.5. The molecule has 0 aliphatic carbocycles. The molecule has 3 rings (SSSR count). The number of aromatic nitrogens is 3. The number of hydrogen-bond donors (Lipinski definition) is 1. The first-order chi connectivity index (χ1) is 10.3. The van der Waals surface area contributed by atoms with Gasteiger partial charge in [0.2, 0.25) is 0 Å². The van der Waals surface area contributed by atoms with E-state index in [2.05, 4.69) is 5.10 Å². The molecule has 0 amide bonds. The first kappa shape index (κ1) is 14.1. The first-order valence-corrected chi connectivity index (χ1v) is 7.63. The Morgan fingerprint density at radius 3 is 2.90 bits per heavy atom. The van der Waals surface area contributed by atoms with E-state index in [1.807, 2.05) is 52.8 Å². The summed E-state index contributed by atoms with van der Waals surface area (Å²) in [5, 5.41) is 16.2. The third-order valence-electron chi connectivity index (χ3n) is 3.05. The van der Waals surface area contributed by atoms with E-state index >= 15 is 0 Å². The molecule has 0 bridgehead atoms. The minimum Gasteiger partial charge on any atom is -0.389 e. The van der Waals surface area contributed by atoms with Crippen molar-refractivity contribution in [3.8, 4) is 5.69 Å². The van der Waals surface area contributed by atoms with Gasteiger partial charge in [-0.25, -0.2) is 0 Å².